The van der Waals surface area contributed by atoms with Gasteiger partial charge in [-0.15, -0.1) is 0 Å². The molecule has 1 aliphatic rings. The number of sulfone groups is 1. The van der Waals surface area contributed by atoms with Crippen molar-refractivity contribution < 1.29 is 8.42 Å². The van der Waals surface area contributed by atoms with Gasteiger partial charge in [-0.05, 0) is 25.0 Å². The van der Waals surface area contributed by atoms with Crippen molar-refractivity contribution in [3.63, 3.8) is 0 Å². The Bertz CT molecular complexity index is 555. The second-order valence-electron chi connectivity index (χ2n) is 4.51. The van der Waals surface area contributed by atoms with Gasteiger partial charge < -0.3 is 11.1 Å². The molecule has 0 saturated carbocycles. The molecule has 0 aromatic heterocycles. The van der Waals surface area contributed by atoms with Gasteiger partial charge in [0.25, 0.3) is 0 Å². The Morgan fingerprint density at radius 1 is 1.39 bits per heavy atom. The Balaban J connectivity index is 2.17. The fourth-order valence-corrected chi connectivity index (χ4v) is 3.99. The Morgan fingerprint density at radius 3 is 2.78 bits per heavy atom. The summed E-state index contributed by atoms with van der Waals surface area (Å²) >= 11 is 4.98. The molecule has 4 nitrogen and oxygen atoms in total. The minimum absolute atomic E-state index is 0.0563. The molecule has 0 amide bonds. The van der Waals surface area contributed by atoms with E-state index in [1.807, 2.05) is 24.3 Å². The van der Waals surface area contributed by atoms with E-state index in [9.17, 15) is 8.42 Å². The molecule has 98 valence electrons. The Kier molecular flexibility index (Phi) is 3.87. The second-order valence-corrected chi connectivity index (χ2v) is 7.18. The lowest BCUT2D eigenvalue weighted by Gasteiger charge is -2.25. The molecule has 1 atom stereocenters. The molecule has 2 rings (SSSR count). The van der Waals surface area contributed by atoms with Crippen LogP contribution in [0.5, 0.6) is 0 Å². The number of benzene rings is 1. The Hall–Kier alpha value is -1.14. The van der Waals surface area contributed by atoms with Crippen LogP contribution in [0.25, 0.3) is 0 Å². The molecule has 18 heavy (non-hydrogen) atoms. The summed E-state index contributed by atoms with van der Waals surface area (Å²) in [4.78, 5) is 0.316. The topological polar surface area (TPSA) is 72.2 Å². The van der Waals surface area contributed by atoms with E-state index in [0.717, 1.165) is 17.7 Å². The van der Waals surface area contributed by atoms with E-state index in [0.29, 0.717) is 17.2 Å². The lowest BCUT2D eigenvalue weighted by Crippen LogP contribution is -2.35. The molecule has 1 heterocycles. The monoisotopic (exact) mass is 284 g/mol. The van der Waals surface area contributed by atoms with E-state index in [4.69, 9.17) is 18.0 Å². The lowest BCUT2D eigenvalue weighted by atomic mass is 10.1. The van der Waals surface area contributed by atoms with E-state index in [2.05, 4.69) is 5.32 Å². The summed E-state index contributed by atoms with van der Waals surface area (Å²) in [5.41, 5.74) is 7.22. The summed E-state index contributed by atoms with van der Waals surface area (Å²) < 4.78 is 23.2. The maximum Gasteiger partial charge on any atom is 0.152 e. The summed E-state index contributed by atoms with van der Waals surface area (Å²) in [6.07, 6.45) is 1.56. The summed E-state index contributed by atoms with van der Waals surface area (Å²) in [6.45, 7) is 0. The molecular formula is C12H16N2O2S2. The van der Waals surface area contributed by atoms with Crippen molar-refractivity contribution in [1.82, 2.24) is 0 Å². The first-order valence-electron chi connectivity index (χ1n) is 5.84. The molecule has 1 fully saturated rings. The largest absolute Gasteiger partial charge is 0.389 e. The van der Waals surface area contributed by atoms with Crippen molar-refractivity contribution in [2.45, 2.75) is 18.9 Å². The number of rotatable bonds is 3. The standard InChI is InChI=1S/C12H16N2O2S2/c13-12(17)10-5-1-2-6-11(10)14-9-4-3-7-18(15,16)8-9/h1-2,5-6,9,14H,3-4,7-8H2,(H2,13,17). The van der Waals surface area contributed by atoms with E-state index in [-0.39, 0.29) is 11.8 Å². The van der Waals surface area contributed by atoms with Crippen LogP contribution in [-0.2, 0) is 9.84 Å². The molecule has 0 bridgehead atoms. The van der Waals surface area contributed by atoms with Gasteiger partial charge in [0.2, 0.25) is 0 Å². The highest BCUT2D eigenvalue weighted by atomic mass is 32.2. The maximum atomic E-state index is 11.6. The van der Waals surface area contributed by atoms with Crippen LogP contribution in [0.15, 0.2) is 24.3 Å². The molecule has 1 aromatic rings. The number of hydrogen-bond donors (Lipinski definition) is 2. The highest BCUT2D eigenvalue weighted by molar-refractivity contribution is 7.91. The average molecular weight is 284 g/mol. The van der Waals surface area contributed by atoms with Gasteiger partial charge in [-0.1, -0.05) is 24.4 Å². The van der Waals surface area contributed by atoms with Crippen molar-refractivity contribution in [2.75, 3.05) is 16.8 Å². The normalized spacial score (nSPS) is 22.3. The molecule has 6 heteroatoms. The zero-order chi connectivity index (χ0) is 13.2. The fourth-order valence-electron chi connectivity index (χ4n) is 2.18. The predicted molar refractivity (Wildman–Crippen MR) is 77.6 cm³/mol. The molecule has 0 radical (unpaired) electrons. The SMILES string of the molecule is NC(=S)c1ccccc1NC1CCCS(=O)(=O)C1. The highest BCUT2D eigenvalue weighted by Crippen LogP contribution is 2.20. The van der Waals surface area contributed by atoms with Gasteiger partial charge in [-0.2, -0.15) is 0 Å². The smallest absolute Gasteiger partial charge is 0.152 e. The number of nitrogens with two attached hydrogens (primary N) is 1. The van der Waals surface area contributed by atoms with E-state index in [1.165, 1.54) is 0 Å². The third-order valence-electron chi connectivity index (χ3n) is 3.02. The van der Waals surface area contributed by atoms with E-state index >= 15 is 0 Å². The van der Waals surface area contributed by atoms with Gasteiger partial charge in [0.1, 0.15) is 4.99 Å². The Morgan fingerprint density at radius 2 is 2.11 bits per heavy atom. The van der Waals surface area contributed by atoms with Crippen LogP contribution < -0.4 is 11.1 Å². The molecule has 1 aromatic carbocycles. The maximum absolute atomic E-state index is 11.6. The highest BCUT2D eigenvalue weighted by Gasteiger charge is 2.25. The first kappa shape index (κ1) is 13.3. The van der Waals surface area contributed by atoms with Gasteiger partial charge in [-0.25, -0.2) is 8.42 Å². The quantitative estimate of drug-likeness (QED) is 0.819. The zero-order valence-electron chi connectivity index (χ0n) is 9.93. The average Bonchev–Trinajstić information content (AvgIpc) is 2.28. The first-order chi connectivity index (χ1) is 8.48. The number of thiocarbonyl (C=S) groups is 1. The minimum Gasteiger partial charge on any atom is -0.389 e. The third-order valence-corrected chi connectivity index (χ3v) is 5.06. The second kappa shape index (κ2) is 5.24. The zero-order valence-corrected chi connectivity index (χ0v) is 11.6. The van der Waals surface area contributed by atoms with Crippen LogP contribution in [0.1, 0.15) is 18.4 Å². The molecule has 1 unspecified atom stereocenters. The predicted octanol–water partition coefficient (Wildman–Crippen LogP) is 1.31. The molecule has 1 saturated heterocycles. The van der Waals surface area contributed by atoms with Crippen LogP contribution in [0.2, 0.25) is 0 Å². The number of hydrogen-bond acceptors (Lipinski definition) is 4. The number of anilines is 1. The van der Waals surface area contributed by atoms with Crippen LogP contribution in [0.3, 0.4) is 0 Å². The van der Waals surface area contributed by atoms with Gasteiger partial charge in [0.05, 0.1) is 11.5 Å². The van der Waals surface area contributed by atoms with Crippen LogP contribution in [0.4, 0.5) is 5.69 Å². The van der Waals surface area contributed by atoms with Crippen molar-refractivity contribution >= 4 is 32.7 Å². The molecule has 1 aliphatic heterocycles. The van der Waals surface area contributed by atoms with Crippen LogP contribution in [-0.4, -0.2) is 31.0 Å². The fraction of sp³-hybridized carbons (Fsp3) is 0.417. The number of para-hydroxylation sites is 1. The number of nitrogens with one attached hydrogen (secondary N) is 1. The third kappa shape index (κ3) is 3.20. The molecule has 3 N–H and O–H groups in total. The minimum atomic E-state index is -2.91. The van der Waals surface area contributed by atoms with Crippen LogP contribution >= 0.6 is 12.2 Å². The van der Waals surface area contributed by atoms with Crippen LogP contribution in [0, 0.1) is 0 Å². The first-order valence-corrected chi connectivity index (χ1v) is 8.07. The van der Waals surface area contributed by atoms with E-state index < -0.39 is 9.84 Å². The molecular weight excluding hydrogens is 268 g/mol. The van der Waals surface area contributed by atoms with Crippen molar-refractivity contribution in [1.29, 1.82) is 0 Å². The van der Waals surface area contributed by atoms with Gasteiger partial charge in [0.15, 0.2) is 9.84 Å². The summed E-state index contributed by atoms with van der Waals surface area (Å²) in [7, 11) is -2.91. The summed E-state index contributed by atoms with van der Waals surface area (Å²) in [6, 6.07) is 7.38. The van der Waals surface area contributed by atoms with Crippen molar-refractivity contribution in [3.05, 3.63) is 29.8 Å². The van der Waals surface area contributed by atoms with Gasteiger partial charge >= 0.3 is 0 Å². The molecule has 0 spiro atoms. The Labute approximate surface area is 112 Å². The van der Waals surface area contributed by atoms with E-state index in [1.54, 1.807) is 0 Å². The summed E-state index contributed by atoms with van der Waals surface area (Å²) in [5, 5.41) is 3.24. The molecule has 0 aliphatic carbocycles. The van der Waals surface area contributed by atoms with Gasteiger partial charge in [0, 0.05) is 17.3 Å². The lowest BCUT2D eigenvalue weighted by molar-refractivity contribution is 0.562. The van der Waals surface area contributed by atoms with Crippen molar-refractivity contribution in [2.24, 2.45) is 5.73 Å². The van der Waals surface area contributed by atoms with Gasteiger partial charge in [-0.3, -0.25) is 0 Å². The summed E-state index contributed by atoms with van der Waals surface area (Å²) in [5.74, 6) is 0.473. The van der Waals surface area contributed by atoms with Crippen molar-refractivity contribution in [3.8, 4) is 0 Å².